The Kier molecular flexibility index (Phi) is 5.51. The van der Waals surface area contributed by atoms with E-state index < -0.39 is 4.92 Å². The number of pyridine rings is 1. The number of nitrogens with zero attached hydrogens (tertiary/aromatic N) is 2. The maximum Gasteiger partial charge on any atom is 0.290 e. The number of nitro groups is 1. The number of anilines is 1. The van der Waals surface area contributed by atoms with Crippen LogP contribution in [0.2, 0.25) is 0 Å². The molecular weight excluding hydrogens is 234 g/mol. The molecule has 18 heavy (non-hydrogen) atoms. The molecule has 0 fully saturated rings. The van der Waals surface area contributed by atoms with E-state index in [1.165, 1.54) is 6.20 Å². The molecule has 0 unspecified atom stereocenters. The minimum atomic E-state index is -0.433. The lowest BCUT2D eigenvalue weighted by Crippen LogP contribution is -2.13. The predicted octanol–water partition coefficient (Wildman–Crippen LogP) is 2.38. The Bertz CT molecular complexity index is 408. The first-order valence-corrected chi connectivity index (χ1v) is 5.93. The summed E-state index contributed by atoms with van der Waals surface area (Å²) in [7, 11) is 0. The lowest BCUT2D eigenvalue weighted by molar-refractivity contribution is -0.385. The molecule has 6 heteroatoms. The lowest BCUT2D eigenvalue weighted by atomic mass is 10.2. The van der Waals surface area contributed by atoms with Crippen molar-refractivity contribution in [2.75, 3.05) is 25.1 Å². The fraction of sp³-hybridized carbons (Fsp3) is 0.583. The van der Waals surface area contributed by atoms with E-state index in [0.29, 0.717) is 30.5 Å². The van der Waals surface area contributed by atoms with Crippen LogP contribution < -0.4 is 5.32 Å². The summed E-state index contributed by atoms with van der Waals surface area (Å²) in [5.41, 5.74) is 0.636. The van der Waals surface area contributed by atoms with Crippen LogP contribution in [0.4, 0.5) is 11.5 Å². The molecule has 1 rings (SSSR count). The SMILES string of the molecule is Cc1cc(NCCOCC(C)C)ncc1[N+](=O)[O-]. The van der Waals surface area contributed by atoms with E-state index in [1.807, 2.05) is 0 Å². The molecule has 1 aromatic heterocycles. The van der Waals surface area contributed by atoms with Crippen LogP contribution >= 0.6 is 0 Å². The number of nitrogens with one attached hydrogen (secondary N) is 1. The van der Waals surface area contributed by atoms with E-state index in [-0.39, 0.29) is 5.69 Å². The number of hydrogen-bond acceptors (Lipinski definition) is 5. The molecular formula is C12H19N3O3. The van der Waals surface area contributed by atoms with Gasteiger partial charge in [-0.05, 0) is 18.9 Å². The fourth-order valence-corrected chi connectivity index (χ4v) is 1.41. The van der Waals surface area contributed by atoms with Crippen LogP contribution in [-0.2, 0) is 4.74 Å². The molecule has 0 bridgehead atoms. The molecule has 0 spiro atoms. The van der Waals surface area contributed by atoms with Gasteiger partial charge in [0.25, 0.3) is 5.69 Å². The maximum atomic E-state index is 10.6. The first-order valence-electron chi connectivity index (χ1n) is 5.93. The summed E-state index contributed by atoms with van der Waals surface area (Å²) < 4.78 is 5.41. The molecule has 0 aliphatic rings. The Morgan fingerprint density at radius 3 is 2.83 bits per heavy atom. The van der Waals surface area contributed by atoms with Crippen LogP contribution in [0.3, 0.4) is 0 Å². The molecule has 0 aliphatic heterocycles. The topological polar surface area (TPSA) is 77.3 Å². The molecule has 0 saturated heterocycles. The highest BCUT2D eigenvalue weighted by Crippen LogP contribution is 2.18. The summed E-state index contributed by atoms with van der Waals surface area (Å²) in [6.45, 7) is 7.84. The largest absolute Gasteiger partial charge is 0.379 e. The Labute approximate surface area is 107 Å². The molecule has 0 amide bonds. The minimum Gasteiger partial charge on any atom is -0.379 e. The van der Waals surface area contributed by atoms with Gasteiger partial charge in [-0.25, -0.2) is 4.98 Å². The first kappa shape index (κ1) is 14.4. The standard InChI is InChI=1S/C12H19N3O3/c1-9(2)8-18-5-4-13-12-6-10(3)11(7-14-12)15(16)17/h6-7,9H,4-5,8H2,1-3H3,(H,13,14). The normalized spacial score (nSPS) is 10.7. The molecule has 1 N–H and O–H groups in total. The van der Waals surface area contributed by atoms with Gasteiger partial charge < -0.3 is 10.1 Å². The van der Waals surface area contributed by atoms with Gasteiger partial charge in [-0.3, -0.25) is 10.1 Å². The van der Waals surface area contributed by atoms with E-state index in [2.05, 4.69) is 24.1 Å². The van der Waals surface area contributed by atoms with Gasteiger partial charge in [-0.15, -0.1) is 0 Å². The molecule has 0 saturated carbocycles. The van der Waals surface area contributed by atoms with Crippen molar-refractivity contribution in [3.05, 3.63) is 27.9 Å². The number of rotatable bonds is 7. The molecule has 6 nitrogen and oxygen atoms in total. The van der Waals surface area contributed by atoms with Crippen LogP contribution in [0.25, 0.3) is 0 Å². The second-order valence-corrected chi connectivity index (χ2v) is 4.51. The quantitative estimate of drug-likeness (QED) is 0.458. The van der Waals surface area contributed by atoms with Gasteiger partial charge in [0.05, 0.1) is 11.5 Å². The zero-order valence-corrected chi connectivity index (χ0v) is 11.0. The maximum absolute atomic E-state index is 10.6. The Morgan fingerprint density at radius 2 is 2.28 bits per heavy atom. The van der Waals surface area contributed by atoms with Crippen LogP contribution in [0.5, 0.6) is 0 Å². The molecule has 0 aromatic carbocycles. The van der Waals surface area contributed by atoms with E-state index in [0.717, 1.165) is 6.61 Å². The van der Waals surface area contributed by atoms with Gasteiger partial charge in [0.2, 0.25) is 0 Å². The third kappa shape index (κ3) is 4.67. The average molecular weight is 253 g/mol. The van der Waals surface area contributed by atoms with Crippen molar-refractivity contribution in [2.24, 2.45) is 5.92 Å². The van der Waals surface area contributed by atoms with E-state index in [1.54, 1.807) is 13.0 Å². The highest BCUT2D eigenvalue weighted by Gasteiger charge is 2.10. The van der Waals surface area contributed by atoms with Crippen LogP contribution in [0, 0.1) is 23.0 Å². The Balaban J connectivity index is 2.39. The summed E-state index contributed by atoms with van der Waals surface area (Å²) in [5.74, 6) is 1.15. The zero-order valence-electron chi connectivity index (χ0n) is 11.0. The van der Waals surface area contributed by atoms with Gasteiger partial charge in [0.15, 0.2) is 0 Å². The second-order valence-electron chi connectivity index (χ2n) is 4.51. The highest BCUT2D eigenvalue weighted by atomic mass is 16.6. The van der Waals surface area contributed by atoms with Gasteiger partial charge in [0.1, 0.15) is 12.0 Å². The molecule has 0 radical (unpaired) electrons. The number of ether oxygens (including phenoxy) is 1. The zero-order chi connectivity index (χ0) is 13.5. The highest BCUT2D eigenvalue weighted by molar-refractivity contribution is 5.46. The van der Waals surface area contributed by atoms with Crippen molar-refractivity contribution >= 4 is 11.5 Å². The van der Waals surface area contributed by atoms with Crippen molar-refractivity contribution in [2.45, 2.75) is 20.8 Å². The number of aromatic nitrogens is 1. The lowest BCUT2D eigenvalue weighted by Gasteiger charge is -2.08. The molecule has 100 valence electrons. The second kappa shape index (κ2) is 6.90. The van der Waals surface area contributed by atoms with Gasteiger partial charge in [-0.2, -0.15) is 0 Å². The monoisotopic (exact) mass is 253 g/mol. The first-order chi connectivity index (χ1) is 8.50. The smallest absolute Gasteiger partial charge is 0.290 e. The van der Waals surface area contributed by atoms with Crippen LogP contribution in [0.15, 0.2) is 12.3 Å². The summed E-state index contributed by atoms with van der Waals surface area (Å²) in [6, 6.07) is 1.67. The summed E-state index contributed by atoms with van der Waals surface area (Å²) in [6.07, 6.45) is 1.27. The van der Waals surface area contributed by atoms with Gasteiger partial charge in [-0.1, -0.05) is 13.8 Å². The van der Waals surface area contributed by atoms with Crippen LogP contribution in [-0.4, -0.2) is 29.7 Å². The summed E-state index contributed by atoms with van der Waals surface area (Å²) in [4.78, 5) is 14.2. The van der Waals surface area contributed by atoms with Crippen molar-refractivity contribution in [3.8, 4) is 0 Å². The molecule has 0 atom stereocenters. The van der Waals surface area contributed by atoms with Gasteiger partial charge in [0, 0.05) is 18.7 Å². The third-order valence-corrected chi connectivity index (χ3v) is 2.28. The predicted molar refractivity (Wildman–Crippen MR) is 69.8 cm³/mol. The Morgan fingerprint density at radius 1 is 1.56 bits per heavy atom. The van der Waals surface area contributed by atoms with Crippen molar-refractivity contribution < 1.29 is 9.66 Å². The molecule has 1 heterocycles. The average Bonchev–Trinajstić information content (AvgIpc) is 2.27. The van der Waals surface area contributed by atoms with Gasteiger partial charge >= 0.3 is 0 Å². The summed E-state index contributed by atoms with van der Waals surface area (Å²) >= 11 is 0. The van der Waals surface area contributed by atoms with Crippen molar-refractivity contribution in [3.63, 3.8) is 0 Å². The van der Waals surface area contributed by atoms with E-state index in [4.69, 9.17) is 4.74 Å². The van der Waals surface area contributed by atoms with E-state index in [9.17, 15) is 10.1 Å². The third-order valence-electron chi connectivity index (χ3n) is 2.28. The Hall–Kier alpha value is -1.69. The molecule has 1 aromatic rings. The van der Waals surface area contributed by atoms with E-state index >= 15 is 0 Å². The minimum absolute atomic E-state index is 0.0385. The van der Waals surface area contributed by atoms with Crippen molar-refractivity contribution in [1.82, 2.24) is 4.98 Å². The summed E-state index contributed by atoms with van der Waals surface area (Å²) in [5, 5.41) is 13.7. The number of hydrogen-bond donors (Lipinski definition) is 1. The number of aryl methyl sites for hydroxylation is 1. The van der Waals surface area contributed by atoms with Crippen LogP contribution in [0.1, 0.15) is 19.4 Å². The van der Waals surface area contributed by atoms with Crippen molar-refractivity contribution in [1.29, 1.82) is 0 Å². The molecule has 0 aliphatic carbocycles. The fourth-order valence-electron chi connectivity index (χ4n) is 1.41.